The van der Waals surface area contributed by atoms with Gasteiger partial charge in [0.1, 0.15) is 11.4 Å². The molecular weight excluding hydrogens is 366 g/mol. The van der Waals surface area contributed by atoms with Crippen LogP contribution in [-0.2, 0) is 12.0 Å². The topological polar surface area (TPSA) is 31.2 Å². The Bertz CT molecular complexity index is 942. The first-order chi connectivity index (χ1) is 11.5. The van der Waals surface area contributed by atoms with Crippen molar-refractivity contribution in [3.8, 4) is 5.75 Å². The number of benzene rings is 2. The van der Waals surface area contributed by atoms with Crippen molar-refractivity contribution < 1.29 is 9.53 Å². The molecule has 0 amide bonds. The van der Waals surface area contributed by atoms with Crippen LogP contribution in [0.15, 0.2) is 53.0 Å². The summed E-state index contributed by atoms with van der Waals surface area (Å²) in [5.74, 6) is 0.876. The van der Waals surface area contributed by atoms with Crippen LogP contribution in [0.3, 0.4) is 0 Å². The molecule has 122 valence electrons. The number of halogens is 1. The Hall–Kier alpha value is -2.07. The van der Waals surface area contributed by atoms with Gasteiger partial charge in [-0.3, -0.25) is 9.36 Å². The Labute approximate surface area is 149 Å². The monoisotopic (exact) mass is 383 g/mol. The van der Waals surface area contributed by atoms with Crippen molar-refractivity contribution >= 4 is 32.7 Å². The molecule has 1 aromatic heterocycles. The molecule has 0 saturated carbocycles. The van der Waals surface area contributed by atoms with Crippen LogP contribution in [0.5, 0.6) is 5.75 Å². The van der Waals surface area contributed by atoms with E-state index in [-0.39, 0.29) is 11.5 Å². The first-order valence-electron chi connectivity index (χ1n) is 8.08. The number of fused-ring (bicyclic) bond motifs is 3. The number of rotatable bonds is 1. The first kappa shape index (κ1) is 15.5. The second-order valence-corrected chi connectivity index (χ2v) is 7.40. The van der Waals surface area contributed by atoms with E-state index in [1.807, 2.05) is 36.4 Å². The van der Waals surface area contributed by atoms with E-state index in [1.54, 1.807) is 11.5 Å². The van der Waals surface area contributed by atoms with Gasteiger partial charge in [0, 0.05) is 16.8 Å². The molecule has 2 aromatic carbocycles. The van der Waals surface area contributed by atoms with E-state index in [4.69, 9.17) is 4.74 Å². The fourth-order valence-electron chi connectivity index (χ4n) is 3.60. The Kier molecular flexibility index (Phi) is 3.53. The lowest BCUT2D eigenvalue weighted by atomic mass is 9.88. The molecule has 24 heavy (non-hydrogen) atoms. The lowest BCUT2D eigenvalue weighted by Gasteiger charge is -2.35. The predicted octanol–water partition coefficient (Wildman–Crippen LogP) is 5.30. The summed E-state index contributed by atoms with van der Waals surface area (Å²) in [6.45, 7) is 3.73. The van der Waals surface area contributed by atoms with E-state index in [0.717, 1.165) is 45.2 Å². The van der Waals surface area contributed by atoms with Gasteiger partial charge in [-0.1, -0.05) is 40.2 Å². The number of carbonyl (C=O) groups excluding carboxylic acids is 1. The molecule has 0 saturated heterocycles. The molecule has 3 aromatic rings. The maximum absolute atomic E-state index is 12.2. The Morgan fingerprint density at radius 2 is 1.88 bits per heavy atom. The molecule has 0 radical (unpaired) electrons. The molecule has 3 nitrogen and oxygen atoms in total. The van der Waals surface area contributed by atoms with Gasteiger partial charge >= 0.3 is 0 Å². The second-order valence-electron chi connectivity index (χ2n) is 6.49. The van der Waals surface area contributed by atoms with Gasteiger partial charge in [-0.15, -0.1) is 0 Å². The zero-order valence-electron chi connectivity index (χ0n) is 13.7. The molecule has 1 atom stereocenters. The highest BCUT2D eigenvalue weighted by molar-refractivity contribution is 9.10. The van der Waals surface area contributed by atoms with Crippen molar-refractivity contribution in [3.63, 3.8) is 0 Å². The number of ether oxygens (including phenoxy) is 1. The quantitative estimate of drug-likeness (QED) is 0.570. The van der Waals surface area contributed by atoms with E-state index in [0.29, 0.717) is 0 Å². The van der Waals surface area contributed by atoms with Gasteiger partial charge in [0.25, 0.3) is 0 Å². The molecule has 0 spiro atoms. The minimum atomic E-state index is -0.389. The number of hydrogen-bond acceptors (Lipinski definition) is 2. The van der Waals surface area contributed by atoms with E-state index < -0.39 is 0 Å². The maximum atomic E-state index is 12.2. The van der Waals surface area contributed by atoms with Gasteiger partial charge < -0.3 is 4.74 Å². The van der Waals surface area contributed by atoms with Gasteiger partial charge in [-0.25, -0.2) is 0 Å². The molecule has 2 heterocycles. The van der Waals surface area contributed by atoms with E-state index in [2.05, 4.69) is 35.0 Å². The standard InChI is InChI=1S/C20H18BrNO2/c1-13(23)22-17-6-4-3-5-16(17)19-18(22)11-12-20(2,24-19)14-7-9-15(21)10-8-14/h3-10H,11-12H2,1-2H3. The number of hydrogen-bond donors (Lipinski definition) is 0. The SMILES string of the molecule is CC(=O)n1c2c(c3ccccc31)OC(C)(c1ccc(Br)cc1)CC2. The predicted molar refractivity (Wildman–Crippen MR) is 98.7 cm³/mol. The lowest BCUT2D eigenvalue weighted by Crippen LogP contribution is -2.34. The molecule has 1 unspecified atom stereocenters. The van der Waals surface area contributed by atoms with Crippen LogP contribution < -0.4 is 4.74 Å². The highest BCUT2D eigenvalue weighted by Crippen LogP contribution is 2.44. The summed E-state index contributed by atoms with van der Waals surface area (Å²) in [7, 11) is 0. The molecule has 1 aliphatic rings. The van der Waals surface area contributed by atoms with Crippen molar-refractivity contribution in [2.75, 3.05) is 0 Å². The van der Waals surface area contributed by atoms with Crippen molar-refractivity contribution in [2.45, 2.75) is 32.3 Å². The third-order valence-corrected chi connectivity index (χ3v) is 5.39. The maximum Gasteiger partial charge on any atom is 0.228 e. The first-order valence-corrected chi connectivity index (χ1v) is 8.87. The fraction of sp³-hybridized carbons (Fsp3) is 0.250. The van der Waals surface area contributed by atoms with Gasteiger partial charge in [0.2, 0.25) is 5.91 Å². The summed E-state index contributed by atoms with van der Waals surface area (Å²) in [6, 6.07) is 16.2. The van der Waals surface area contributed by atoms with Gasteiger partial charge in [0.05, 0.1) is 11.2 Å². The van der Waals surface area contributed by atoms with Crippen molar-refractivity contribution in [1.82, 2.24) is 4.57 Å². The molecule has 0 aliphatic carbocycles. The van der Waals surface area contributed by atoms with Crippen LogP contribution in [0.4, 0.5) is 0 Å². The third kappa shape index (κ3) is 2.28. The van der Waals surface area contributed by atoms with Crippen LogP contribution in [-0.4, -0.2) is 10.5 Å². The van der Waals surface area contributed by atoms with E-state index in [1.165, 1.54) is 0 Å². The van der Waals surface area contributed by atoms with Crippen molar-refractivity contribution in [2.24, 2.45) is 0 Å². The van der Waals surface area contributed by atoms with Crippen LogP contribution in [0.2, 0.25) is 0 Å². The van der Waals surface area contributed by atoms with Gasteiger partial charge in [0.15, 0.2) is 0 Å². The number of aromatic nitrogens is 1. The normalized spacial score (nSPS) is 19.8. The minimum Gasteiger partial charge on any atom is -0.480 e. The molecule has 4 heteroatoms. The highest BCUT2D eigenvalue weighted by Gasteiger charge is 2.37. The summed E-state index contributed by atoms with van der Waals surface area (Å²) in [4.78, 5) is 12.2. The van der Waals surface area contributed by atoms with Crippen LogP contribution in [0.25, 0.3) is 10.9 Å². The highest BCUT2D eigenvalue weighted by atomic mass is 79.9. The van der Waals surface area contributed by atoms with Crippen LogP contribution >= 0.6 is 15.9 Å². The molecule has 0 bridgehead atoms. The smallest absolute Gasteiger partial charge is 0.228 e. The largest absolute Gasteiger partial charge is 0.480 e. The van der Waals surface area contributed by atoms with Crippen LogP contribution in [0, 0.1) is 0 Å². The summed E-state index contributed by atoms with van der Waals surface area (Å²) >= 11 is 3.48. The average Bonchev–Trinajstić information content (AvgIpc) is 2.89. The minimum absolute atomic E-state index is 0.0308. The molecule has 4 rings (SSSR count). The Morgan fingerprint density at radius 1 is 1.17 bits per heavy atom. The summed E-state index contributed by atoms with van der Waals surface area (Å²) in [5.41, 5.74) is 2.67. The number of nitrogens with zero attached hydrogens (tertiary/aromatic N) is 1. The second kappa shape index (κ2) is 5.49. The zero-order chi connectivity index (χ0) is 16.9. The summed E-state index contributed by atoms with van der Waals surface area (Å²) < 4.78 is 9.35. The summed E-state index contributed by atoms with van der Waals surface area (Å²) in [5, 5.41) is 1.01. The Balaban J connectivity index is 1.87. The van der Waals surface area contributed by atoms with E-state index >= 15 is 0 Å². The summed E-state index contributed by atoms with van der Waals surface area (Å²) in [6.07, 6.45) is 1.65. The number of carbonyl (C=O) groups is 1. The number of para-hydroxylation sites is 1. The van der Waals surface area contributed by atoms with Gasteiger partial charge in [-0.05, 0) is 49.6 Å². The molecule has 1 aliphatic heterocycles. The molecule has 0 N–H and O–H groups in total. The van der Waals surface area contributed by atoms with Gasteiger partial charge in [-0.2, -0.15) is 0 Å². The van der Waals surface area contributed by atoms with Crippen molar-refractivity contribution in [3.05, 3.63) is 64.3 Å². The molecule has 0 fully saturated rings. The van der Waals surface area contributed by atoms with Crippen molar-refractivity contribution in [1.29, 1.82) is 0 Å². The fourth-order valence-corrected chi connectivity index (χ4v) is 3.87. The van der Waals surface area contributed by atoms with Crippen LogP contribution in [0.1, 0.15) is 36.3 Å². The third-order valence-electron chi connectivity index (χ3n) is 4.86. The van der Waals surface area contributed by atoms with E-state index in [9.17, 15) is 4.79 Å². The molecular formula is C20H18BrNO2. The lowest BCUT2D eigenvalue weighted by molar-refractivity contribution is 0.0619. The zero-order valence-corrected chi connectivity index (χ0v) is 15.3. The Morgan fingerprint density at radius 3 is 2.58 bits per heavy atom. The average molecular weight is 384 g/mol.